The Bertz CT molecular complexity index is 1190. The summed E-state index contributed by atoms with van der Waals surface area (Å²) >= 11 is 0. The molecule has 1 atom stereocenters. The number of nitrogens with zero attached hydrogens (tertiary/aromatic N) is 2. The van der Waals surface area contributed by atoms with Crippen molar-refractivity contribution in [3.8, 4) is 22.6 Å². The van der Waals surface area contributed by atoms with Crippen LogP contribution in [0.1, 0.15) is 13.3 Å². The van der Waals surface area contributed by atoms with Crippen LogP contribution in [0.5, 0.6) is 5.75 Å². The molecule has 1 N–H and O–H groups in total. The van der Waals surface area contributed by atoms with Crippen molar-refractivity contribution >= 4 is 9.84 Å². The van der Waals surface area contributed by atoms with Crippen LogP contribution in [0.4, 0.5) is 4.39 Å². The number of benzene rings is 2. The molecule has 0 saturated heterocycles. The van der Waals surface area contributed by atoms with Crippen molar-refractivity contribution in [1.29, 1.82) is 0 Å². The Labute approximate surface area is 173 Å². The number of aromatic nitrogens is 2. The van der Waals surface area contributed by atoms with Crippen molar-refractivity contribution < 1.29 is 22.7 Å². The van der Waals surface area contributed by atoms with Crippen LogP contribution in [0.2, 0.25) is 0 Å². The lowest BCUT2D eigenvalue weighted by Crippen LogP contribution is -2.24. The van der Waals surface area contributed by atoms with Gasteiger partial charge in [-0.3, -0.25) is 4.79 Å². The number of halogens is 1. The summed E-state index contributed by atoms with van der Waals surface area (Å²) in [4.78, 5) is 13.2. The maximum Gasteiger partial charge on any atom is 0.314 e. The minimum atomic E-state index is -3.36. The maximum atomic E-state index is 13.2. The molecule has 0 aliphatic rings. The van der Waals surface area contributed by atoms with E-state index in [1.807, 2.05) is 0 Å². The zero-order valence-corrected chi connectivity index (χ0v) is 17.3. The van der Waals surface area contributed by atoms with Crippen molar-refractivity contribution in [3.05, 3.63) is 70.9 Å². The lowest BCUT2D eigenvalue weighted by molar-refractivity contribution is 0.155. The second-order valence-electron chi connectivity index (χ2n) is 6.86. The topological polar surface area (TPSA) is 98.5 Å². The first-order chi connectivity index (χ1) is 14.2. The zero-order valence-electron chi connectivity index (χ0n) is 16.4. The summed E-state index contributed by atoms with van der Waals surface area (Å²) in [6, 6.07) is 11.3. The predicted octanol–water partition coefficient (Wildman–Crippen LogP) is 2.59. The fraction of sp³-hybridized carbons (Fsp3) is 0.238. The van der Waals surface area contributed by atoms with E-state index in [0.717, 1.165) is 10.9 Å². The highest BCUT2D eigenvalue weighted by Crippen LogP contribution is 2.28. The first-order valence-corrected chi connectivity index (χ1v) is 11.1. The predicted molar refractivity (Wildman–Crippen MR) is 110 cm³/mol. The van der Waals surface area contributed by atoms with E-state index in [1.54, 1.807) is 19.1 Å². The van der Waals surface area contributed by atoms with E-state index in [9.17, 15) is 22.7 Å². The average molecular weight is 432 g/mol. The molecule has 0 saturated carbocycles. The molecule has 3 aromatic rings. The molecule has 0 aliphatic carbocycles. The molecule has 0 radical (unpaired) electrons. The van der Waals surface area contributed by atoms with Crippen LogP contribution < -0.4 is 10.3 Å². The Morgan fingerprint density at radius 1 is 1.13 bits per heavy atom. The molecule has 0 fully saturated rings. The third-order valence-electron chi connectivity index (χ3n) is 4.38. The minimum Gasteiger partial charge on any atom is -0.487 e. The molecule has 158 valence electrons. The third kappa shape index (κ3) is 4.92. The second-order valence-corrected chi connectivity index (χ2v) is 8.88. The van der Waals surface area contributed by atoms with Crippen LogP contribution in [0, 0.1) is 5.82 Å². The summed E-state index contributed by atoms with van der Waals surface area (Å²) in [5.74, 6) is -0.440. The number of aliphatic hydroxyl groups is 1. The van der Waals surface area contributed by atoms with Crippen LogP contribution >= 0.6 is 0 Å². The Balaban J connectivity index is 2.08. The Morgan fingerprint density at radius 2 is 1.77 bits per heavy atom. The summed E-state index contributed by atoms with van der Waals surface area (Å²) in [6.07, 6.45) is 2.24. The van der Waals surface area contributed by atoms with E-state index < -0.39 is 27.3 Å². The minimum absolute atomic E-state index is 0.00193. The second kappa shape index (κ2) is 8.76. The van der Waals surface area contributed by atoms with Gasteiger partial charge in [0.1, 0.15) is 5.82 Å². The zero-order chi connectivity index (χ0) is 21.9. The van der Waals surface area contributed by atoms with Gasteiger partial charge in [0.2, 0.25) is 0 Å². The standard InChI is InChI=1S/C21H21FN2O5S/c1-14(25)11-12-29-20-19(15-3-9-18(10-4-15)30(2,27)28)13-23-24(21(20)26)17-7-5-16(22)6-8-17/h3-10,13-14,25H,11-12H2,1-2H3/t14-/m1/s1. The van der Waals surface area contributed by atoms with Gasteiger partial charge in [0.05, 0.1) is 29.5 Å². The fourth-order valence-corrected chi connectivity index (χ4v) is 3.39. The first-order valence-electron chi connectivity index (χ1n) is 9.16. The molecule has 0 spiro atoms. The van der Waals surface area contributed by atoms with Crippen LogP contribution in [0.15, 0.2) is 64.4 Å². The highest BCUT2D eigenvalue weighted by molar-refractivity contribution is 7.90. The van der Waals surface area contributed by atoms with E-state index in [2.05, 4.69) is 5.10 Å². The number of hydrogen-bond acceptors (Lipinski definition) is 6. The number of rotatable bonds is 7. The molecule has 1 aromatic heterocycles. The molecule has 0 unspecified atom stereocenters. The van der Waals surface area contributed by atoms with Gasteiger partial charge in [-0.25, -0.2) is 12.8 Å². The molecule has 7 nitrogen and oxygen atoms in total. The maximum absolute atomic E-state index is 13.2. The molecule has 2 aromatic carbocycles. The highest BCUT2D eigenvalue weighted by Gasteiger charge is 2.17. The molecule has 0 aliphatic heterocycles. The van der Waals surface area contributed by atoms with Crippen LogP contribution in [-0.2, 0) is 9.84 Å². The SMILES string of the molecule is C[C@@H](O)CCOc1c(-c2ccc(S(C)(=O)=O)cc2)cnn(-c2ccc(F)cc2)c1=O. The molecule has 1 heterocycles. The number of aliphatic hydroxyl groups excluding tert-OH is 1. The van der Waals surface area contributed by atoms with Gasteiger partial charge in [-0.05, 0) is 48.9 Å². The molecule has 3 rings (SSSR count). The summed E-state index contributed by atoms with van der Waals surface area (Å²) in [6.45, 7) is 1.70. The molecule has 9 heteroatoms. The van der Waals surface area contributed by atoms with Crippen LogP contribution in [0.25, 0.3) is 16.8 Å². The smallest absolute Gasteiger partial charge is 0.314 e. The van der Waals surface area contributed by atoms with Crippen molar-refractivity contribution in [2.45, 2.75) is 24.3 Å². The largest absolute Gasteiger partial charge is 0.487 e. The first kappa shape index (κ1) is 21.7. The van der Waals surface area contributed by atoms with Gasteiger partial charge in [-0.2, -0.15) is 9.78 Å². The van der Waals surface area contributed by atoms with E-state index in [4.69, 9.17) is 4.74 Å². The average Bonchev–Trinajstić information content (AvgIpc) is 2.69. The van der Waals surface area contributed by atoms with Crippen molar-refractivity contribution in [2.24, 2.45) is 0 Å². The highest BCUT2D eigenvalue weighted by atomic mass is 32.2. The lowest BCUT2D eigenvalue weighted by atomic mass is 10.1. The summed E-state index contributed by atoms with van der Waals surface area (Å²) < 4.78 is 43.4. The third-order valence-corrected chi connectivity index (χ3v) is 5.51. The normalized spacial score (nSPS) is 12.5. The van der Waals surface area contributed by atoms with Crippen molar-refractivity contribution in [1.82, 2.24) is 9.78 Å². The quantitative estimate of drug-likeness (QED) is 0.616. The summed E-state index contributed by atoms with van der Waals surface area (Å²) in [5, 5.41) is 13.6. The molecular formula is C21H21FN2O5S. The van der Waals surface area contributed by atoms with Gasteiger partial charge in [0.25, 0.3) is 0 Å². The van der Waals surface area contributed by atoms with E-state index in [0.29, 0.717) is 23.2 Å². The van der Waals surface area contributed by atoms with E-state index in [-0.39, 0.29) is 17.3 Å². The van der Waals surface area contributed by atoms with Gasteiger partial charge in [-0.1, -0.05) is 12.1 Å². The van der Waals surface area contributed by atoms with E-state index >= 15 is 0 Å². The summed E-state index contributed by atoms with van der Waals surface area (Å²) in [7, 11) is -3.36. The fourth-order valence-electron chi connectivity index (χ4n) is 2.76. The van der Waals surface area contributed by atoms with Gasteiger partial charge >= 0.3 is 5.56 Å². The molecular weight excluding hydrogens is 411 g/mol. The number of sulfone groups is 1. The van der Waals surface area contributed by atoms with Gasteiger partial charge in [0, 0.05) is 18.2 Å². The van der Waals surface area contributed by atoms with Crippen molar-refractivity contribution in [2.75, 3.05) is 12.9 Å². The summed E-state index contributed by atoms with van der Waals surface area (Å²) in [5.41, 5.74) is 0.729. The number of ether oxygens (including phenoxy) is 1. The molecule has 0 bridgehead atoms. The van der Waals surface area contributed by atoms with E-state index in [1.165, 1.54) is 42.6 Å². The van der Waals surface area contributed by atoms with Crippen molar-refractivity contribution in [3.63, 3.8) is 0 Å². The lowest BCUT2D eigenvalue weighted by Gasteiger charge is -2.14. The van der Waals surface area contributed by atoms with Crippen LogP contribution in [-0.4, -0.2) is 42.3 Å². The Morgan fingerprint density at radius 3 is 2.33 bits per heavy atom. The van der Waals surface area contributed by atoms with Crippen LogP contribution in [0.3, 0.4) is 0 Å². The number of hydrogen-bond donors (Lipinski definition) is 1. The Kier molecular flexibility index (Phi) is 6.33. The molecule has 30 heavy (non-hydrogen) atoms. The molecule has 0 amide bonds. The monoisotopic (exact) mass is 432 g/mol. The Hall–Kier alpha value is -3.04. The van der Waals surface area contributed by atoms with Gasteiger partial charge < -0.3 is 9.84 Å². The van der Waals surface area contributed by atoms with Gasteiger partial charge in [0.15, 0.2) is 15.6 Å². The van der Waals surface area contributed by atoms with Gasteiger partial charge in [-0.15, -0.1) is 0 Å².